The van der Waals surface area contributed by atoms with E-state index >= 15 is 0 Å². The number of methoxy groups -OCH3 is 1. The zero-order chi connectivity index (χ0) is 20.1. The number of carbonyl (C=O) groups is 1. The Morgan fingerprint density at radius 2 is 2.00 bits per heavy atom. The third-order valence-corrected chi connectivity index (χ3v) is 5.85. The van der Waals surface area contributed by atoms with Crippen LogP contribution in [0.5, 0.6) is 5.75 Å². The van der Waals surface area contributed by atoms with E-state index in [0.29, 0.717) is 5.16 Å². The Morgan fingerprint density at radius 3 is 2.57 bits per heavy atom. The third-order valence-electron chi connectivity index (χ3n) is 4.91. The lowest BCUT2D eigenvalue weighted by Gasteiger charge is -2.21. The normalized spacial score (nSPS) is 15.4. The van der Waals surface area contributed by atoms with Crippen LogP contribution in [-0.2, 0) is 4.79 Å². The first-order chi connectivity index (χ1) is 13.5. The molecule has 0 saturated heterocycles. The van der Waals surface area contributed by atoms with Gasteiger partial charge in [0.25, 0.3) is 0 Å². The van der Waals surface area contributed by atoms with E-state index in [1.807, 2.05) is 28.8 Å². The molecule has 0 radical (unpaired) electrons. The van der Waals surface area contributed by atoms with Gasteiger partial charge in [-0.1, -0.05) is 11.8 Å². The van der Waals surface area contributed by atoms with E-state index in [0.717, 1.165) is 42.8 Å². The van der Waals surface area contributed by atoms with Crippen molar-refractivity contribution in [1.82, 2.24) is 20.1 Å². The van der Waals surface area contributed by atoms with Gasteiger partial charge in [0.1, 0.15) is 11.3 Å². The molecule has 3 rings (SSSR count). The van der Waals surface area contributed by atoms with Crippen LogP contribution in [-0.4, -0.2) is 39.1 Å². The molecule has 1 aromatic carbocycles. The molecule has 7 nitrogen and oxygen atoms in total. The number of hydrogen-bond acceptors (Lipinski definition) is 6. The molecule has 148 valence electrons. The summed E-state index contributed by atoms with van der Waals surface area (Å²) in [6, 6.07) is 10.1. The van der Waals surface area contributed by atoms with Crippen LogP contribution < -0.4 is 10.1 Å². The Balaban J connectivity index is 1.73. The summed E-state index contributed by atoms with van der Waals surface area (Å²) >= 11 is 1.34. The van der Waals surface area contributed by atoms with Gasteiger partial charge in [-0.3, -0.25) is 9.36 Å². The first-order valence-electron chi connectivity index (χ1n) is 9.42. The second kappa shape index (κ2) is 8.65. The summed E-state index contributed by atoms with van der Waals surface area (Å²) in [5.74, 6) is 1.60. The number of hydrogen-bond donors (Lipinski definition) is 1. The molecule has 1 aliphatic rings. The zero-order valence-corrected chi connectivity index (χ0v) is 17.3. The Labute approximate surface area is 169 Å². The largest absolute Gasteiger partial charge is 0.497 e. The topological polar surface area (TPSA) is 92.8 Å². The van der Waals surface area contributed by atoms with Crippen molar-refractivity contribution in [1.29, 1.82) is 5.26 Å². The molecule has 0 aliphatic heterocycles. The number of carbonyl (C=O) groups excluding carboxylic acids is 1. The highest BCUT2D eigenvalue weighted by molar-refractivity contribution is 7.99. The van der Waals surface area contributed by atoms with E-state index in [1.54, 1.807) is 7.11 Å². The summed E-state index contributed by atoms with van der Waals surface area (Å²) in [5, 5.41) is 21.7. The van der Waals surface area contributed by atoms with Crippen molar-refractivity contribution in [2.45, 2.75) is 56.3 Å². The van der Waals surface area contributed by atoms with Crippen LogP contribution in [0.3, 0.4) is 0 Å². The number of amides is 1. The van der Waals surface area contributed by atoms with E-state index < -0.39 is 5.54 Å². The highest BCUT2D eigenvalue weighted by atomic mass is 32.2. The lowest BCUT2D eigenvalue weighted by Crippen LogP contribution is -2.45. The fourth-order valence-corrected chi connectivity index (χ4v) is 4.32. The van der Waals surface area contributed by atoms with E-state index in [1.165, 1.54) is 11.8 Å². The molecule has 0 atom stereocenters. The van der Waals surface area contributed by atoms with Crippen LogP contribution in [0.15, 0.2) is 29.4 Å². The average Bonchev–Trinajstić information content (AvgIpc) is 3.34. The van der Waals surface area contributed by atoms with Crippen LogP contribution in [0.1, 0.15) is 45.6 Å². The van der Waals surface area contributed by atoms with Crippen molar-refractivity contribution >= 4 is 17.7 Å². The molecule has 1 saturated carbocycles. The van der Waals surface area contributed by atoms with Gasteiger partial charge in [0.2, 0.25) is 5.91 Å². The summed E-state index contributed by atoms with van der Waals surface area (Å²) in [6.07, 6.45) is 3.41. The predicted octanol–water partition coefficient (Wildman–Crippen LogP) is 3.58. The summed E-state index contributed by atoms with van der Waals surface area (Å²) in [7, 11) is 1.63. The molecule has 1 aromatic heterocycles. The lowest BCUT2D eigenvalue weighted by atomic mass is 10.0. The number of ether oxygens (including phenoxy) is 1. The molecule has 28 heavy (non-hydrogen) atoms. The van der Waals surface area contributed by atoms with Gasteiger partial charge in [-0.15, -0.1) is 10.2 Å². The number of aromatic nitrogens is 3. The average molecular weight is 400 g/mol. The van der Waals surface area contributed by atoms with Gasteiger partial charge < -0.3 is 10.1 Å². The van der Waals surface area contributed by atoms with Crippen molar-refractivity contribution < 1.29 is 9.53 Å². The zero-order valence-electron chi connectivity index (χ0n) is 16.4. The van der Waals surface area contributed by atoms with Crippen molar-refractivity contribution in [3.63, 3.8) is 0 Å². The SMILES string of the molecule is COc1ccc(-c2nnc(SCC(=O)NC3(C#N)CCCC3)n2C(C)C)cc1. The van der Waals surface area contributed by atoms with Crippen molar-refractivity contribution in [3.05, 3.63) is 24.3 Å². The molecule has 1 heterocycles. The minimum atomic E-state index is -0.697. The molecule has 1 amide bonds. The maximum absolute atomic E-state index is 12.4. The van der Waals surface area contributed by atoms with Crippen molar-refractivity contribution in [2.75, 3.05) is 12.9 Å². The van der Waals surface area contributed by atoms with Crippen molar-refractivity contribution in [2.24, 2.45) is 0 Å². The fraction of sp³-hybridized carbons (Fsp3) is 0.500. The predicted molar refractivity (Wildman–Crippen MR) is 108 cm³/mol. The van der Waals surface area contributed by atoms with E-state index in [-0.39, 0.29) is 17.7 Å². The van der Waals surface area contributed by atoms with Gasteiger partial charge in [0, 0.05) is 11.6 Å². The van der Waals surface area contributed by atoms with Crippen LogP contribution in [0.4, 0.5) is 0 Å². The monoisotopic (exact) mass is 399 g/mol. The molecule has 0 unspecified atom stereocenters. The molecule has 0 spiro atoms. The summed E-state index contributed by atoms with van der Waals surface area (Å²) in [4.78, 5) is 12.4. The molecule has 2 aromatic rings. The van der Waals surface area contributed by atoms with Crippen LogP contribution in [0.2, 0.25) is 0 Å². The molecular formula is C20H25N5O2S. The second-order valence-corrected chi connectivity index (χ2v) is 8.18. The first kappa shape index (κ1) is 20.2. The minimum absolute atomic E-state index is 0.137. The maximum atomic E-state index is 12.4. The Bertz CT molecular complexity index is 864. The molecule has 1 fully saturated rings. The quantitative estimate of drug-likeness (QED) is 0.716. The number of benzene rings is 1. The number of nitrogens with zero attached hydrogens (tertiary/aromatic N) is 4. The molecular weight excluding hydrogens is 374 g/mol. The Hall–Kier alpha value is -2.53. The van der Waals surface area contributed by atoms with Gasteiger partial charge >= 0.3 is 0 Å². The fourth-order valence-electron chi connectivity index (χ4n) is 3.45. The molecule has 1 N–H and O–H groups in total. The van der Waals surface area contributed by atoms with Crippen LogP contribution in [0, 0.1) is 11.3 Å². The second-order valence-electron chi connectivity index (χ2n) is 7.24. The highest BCUT2D eigenvalue weighted by Gasteiger charge is 2.35. The van der Waals surface area contributed by atoms with E-state index in [4.69, 9.17) is 4.74 Å². The smallest absolute Gasteiger partial charge is 0.231 e. The van der Waals surface area contributed by atoms with E-state index in [9.17, 15) is 10.1 Å². The Morgan fingerprint density at radius 1 is 1.32 bits per heavy atom. The van der Waals surface area contributed by atoms with Crippen molar-refractivity contribution in [3.8, 4) is 23.2 Å². The third kappa shape index (κ3) is 4.30. The van der Waals surface area contributed by atoms with Gasteiger partial charge in [-0.05, 0) is 63.8 Å². The van der Waals surface area contributed by atoms with Gasteiger partial charge in [-0.25, -0.2) is 0 Å². The van der Waals surface area contributed by atoms with Gasteiger partial charge in [0.15, 0.2) is 11.0 Å². The molecule has 1 aliphatic carbocycles. The lowest BCUT2D eigenvalue weighted by molar-refractivity contribution is -0.119. The standard InChI is InChI=1S/C20H25N5O2S/c1-14(2)25-18(15-6-8-16(27-3)9-7-15)23-24-19(25)28-12-17(26)22-20(13-21)10-4-5-11-20/h6-9,14H,4-5,10-12H2,1-3H3,(H,22,26). The summed E-state index contributed by atoms with van der Waals surface area (Å²) in [5.41, 5.74) is 0.241. The number of thioether (sulfide) groups is 1. The summed E-state index contributed by atoms with van der Waals surface area (Å²) < 4.78 is 7.23. The van der Waals surface area contributed by atoms with Gasteiger partial charge in [-0.2, -0.15) is 5.26 Å². The highest BCUT2D eigenvalue weighted by Crippen LogP contribution is 2.30. The number of nitriles is 1. The maximum Gasteiger partial charge on any atom is 0.231 e. The summed E-state index contributed by atoms with van der Waals surface area (Å²) in [6.45, 7) is 4.12. The van der Waals surface area contributed by atoms with Gasteiger partial charge in [0.05, 0.1) is 18.9 Å². The molecule has 0 bridgehead atoms. The Kier molecular flexibility index (Phi) is 6.25. The minimum Gasteiger partial charge on any atom is -0.497 e. The number of nitrogens with one attached hydrogen (secondary N) is 1. The van der Waals surface area contributed by atoms with Crippen LogP contribution in [0.25, 0.3) is 11.4 Å². The van der Waals surface area contributed by atoms with Crippen LogP contribution >= 0.6 is 11.8 Å². The van der Waals surface area contributed by atoms with E-state index in [2.05, 4.69) is 35.4 Å². The number of rotatable bonds is 7. The molecule has 8 heteroatoms. The first-order valence-corrected chi connectivity index (χ1v) is 10.4.